The molecule has 0 aliphatic heterocycles. The van der Waals surface area contributed by atoms with E-state index in [1.54, 1.807) is 6.08 Å². The molecule has 0 unspecified atom stereocenters. The molecule has 0 heterocycles. The average molecular weight is 376 g/mol. The molecule has 0 saturated carbocycles. The van der Waals surface area contributed by atoms with Gasteiger partial charge in [0.25, 0.3) is 0 Å². The van der Waals surface area contributed by atoms with E-state index in [0.717, 1.165) is 11.3 Å². The van der Waals surface area contributed by atoms with Gasteiger partial charge in [0.05, 0.1) is 24.4 Å². The van der Waals surface area contributed by atoms with Crippen molar-refractivity contribution in [3.05, 3.63) is 58.6 Å². The number of anilines is 1. The molecule has 0 atom stereocenters. The number of carboxylic acids is 1. The number of hydrogen-bond donors (Lipinski definition) is 2. The molecule has 26 heavy (non-hydrogen) atoms. The van der Waals surface area contributed by atoms with E-state index >= 15 is 0 Å². The maximum Gasteiger partial charge on any atom is 0.339 e. The summed E-state index contributed by atoms with van der Waals surface area (Å²) in [5.41, 5.74) is 1.00. The van der Waals surface area contributed by atoms with Crippen molar-refractivity contribution in [2.75, 3.05) is 19.0 Å². The lowest BCUT2D eigenvalue weighted by Gasteiger charge is -2.10. The number of aromatic carboxylic acids is 1. The Balaban J connectivity index is 2.10. The van der Waals surface area contributed by atoms with E-state index in [1.165, 1.54) is 25.3 Å². The standard InChI is InChI=1S/C19H18ClNO5/c1-3-26-13-7-4-12(5-8-13)6-9-18(22)21-16-11-17(25-2)14(19(23)24)10-15(16)20/h4-11H,3H2,1-2H3,(H,21,22)(H,23,24)/b9-6+. The van der Waals surface area contributed by atoms with Crippen LogP contribution in [0.3, 0.4) is 0 Å². The summed E-state index contributed by atoms with van der Waals surface area (Å²) < 4.78 is 10.4. The summed E-state index contributed by atoms with van der Waals surface area (Å²) in [7, 11) is 1.34. The molecule has 0 aromatic heterocycles. The SMILES string of the molecule is CCOc1ccc(/C=C/C(=O)Nc2cc(OC)c(C(=O)O)cc2Cl)cc1. The van der Waals surface area contributed by atoms with Crippen LogP contribution >= 0.6 is 11.6 Å². The fourth-order valence-corrected chi connectivity index (χ4v) is 2.38. The van der Waals surface area contributed by atoms with E-state index in [9.17, 15) is 9.59 Å². The first kappa shape index (κ1) is 19.3. The van der Waals surface area contributed by atoms with Gasteiger partial charge in [-0.25, -0.2) is 4.79 Å². The monoisotopic (exact) mass is 375 g/mol. The number of amides is 1. The molecule has 0 fully saturated rings. The van der Waals surface area contributed by atoms with Crippen LogP contribution in [0, 0.1) is 0 Å². The van der Waals surface area contributed by atoms with Gasteiger partial charge in [-0.3, -0.25) is 4.79 Å². The van der Waals surface area contributed by atoms with Gasteiger partial charge >= 0.3 is 5.97 Å². The summed E-state index contributed by atoms with van der Waals surface area (Å²) in [6, 6.07) is 9.88. The van der Waals surface area contributed by atoms with E-state index in [0.29, 0.717) is 6.61 Å². The molecule has 0 saturated heterocycles. The molecule has 0 radical (unpaired) electrons. The quantitative estimate of drug-likeness (QED) is 0.712. The van der Waals surface area contributed by atoms with Crippen LogP contribution in [-0.2, 0) is 4.79 Å². The Morgan fingerprint density at radius 1 is 1.23 bits per heavy atom. The van der Waals surface area contributed by atoms with E-state index in [4.69, 9.17) is 26.2 Å². The van der Waals surface area contributed by atoms with Crippen molar-refractivity contribution in [2.24, 2.45) is 0 Å². The number of rotatable bonds is 7. The van der Waals surface area contributed by atoms with Crippen molar-refractivity contribution in [3.8, 4) is 11.5 Å². The maximum atomic E-state index is 12.1. The Labute approximate surface area is 156 Å². The lowest BCUT2D eigenvalue weighted by atomic mass is 10.1. The van der Waals surface area contributed by atoms with Gasteiger partial charge in [0.15, 0.2) is 0 Å². The molecule has 6 nitrogen and oxygen atoms in total. The summed E-state index contributed by atoms with van der Waals surface area (Å²) in [6.07, 6.45) is 2.99. The highest BCUT2D eigenvalue weighted by Crippen LogP contribution is 2.31. The molecular formula is C19H18ClNO5. The van der Waals surface area contributed by atoms with E-state index in [2.05, 4.69) is 5.32 Å². The predicted molar refractivity (Wildman–Crippen MR) is 100 cm³/mol. The van der Waals surface area contributed by atoms with Crippen LogP contribution in [0.25, 0.3) is 6.08 Å². The fourth-order valence-electron chi connectivity index (χ4n) is 2.17. The number of carbonyl (C=O) groups excluding carboxylic acids is 1. The highest BCUT2D eigenvalue weighted by Gasteiger charge is 2.15. The normalized spacial score (nSPS) is 10.6. The highest BCUT2D eigenvalue weighted by atomic mass is 35.5. The molecule has 2 aromatic rings. The molecule has 1 amide bonds. The zero-order valence-electron chi connectivity index (χ0n) is 14.3. The van der Waals surface area contributed by atoms with Gasteiger partial charge in [-0.15, -0.1) is 0 Å². The second-order valence-corrected chi connectivity index (χ2v) is 5.57. The lowest BCUT2D eigenvalue weighted by molar-refractivity contribution is -0.111. The number of halogens is 1. The third-order valence-electron chi connectivity index (χ3n) is 3.40. The lowest BCUT2D eigenvalue weighted by Crippen LogP contribution is -2.09. The molecule has 0 spiro atoms. The van der Waals surface area contributed by atoms with E-state index in [-0.39, 0.29) is 22.0 Å². The number of carbonyl (C=O) groups is 2. The summed E-state index contributed by atoms with van der Waals surface area (Å²) in [4.78, 5) is 23.2. The number of carboxylic acid groups (broad SMARTS) is 1. The molecular weight excluding hydrogens is 358 g/mol. The van der Waals surface area contributed by atoms with Crippen LogP contribution in [0.5, 0.6) is 11.5 Å². The number of hydrogen-bond acceptors (Lipinski definition) is 4. The van der Waals surface area contributed by atoms with Gasteiger partial charge < -0.3 is 19.9 Å². The van der Waals surface area contributed by atoms with Crippen LogP contribution in [0.1, 0.15) is 22.8 Å². The number of nitrogens with one attached hydrogen (secondary N) is 1. The van der Waals surface area contributed by atoms with Crippen molar-refractivity contribution < 1.29 is 24.2 Å². The molecule has 2 aromatic carbocycles. The first-order chi connectivity index (χ1) is 12.4. The van der Waals surface area contributed by atoms with E-state index < -0.39 is 11.9 Å². The van der Waals surface area contributed by atoms with Crippen LogP contribution in [0.15, 0.2) is 42.5 Å². The third kappa shape index (κ3) is 5.00. The molecule has 2 N–H and O–H groups in total. The van der Waals surface area contributed by atoms with Crippen LogP contribution in [0.2, 0.25) is 5.02 Å². The van der Waals surface area contributed by atoms with Crippen molar-refractivity contribution in [2.45, 2.75) is 6.92 Å². The Hall–Kier alpha value is -2.99. The fraction of sp³-hybridized carbons (Fsp3) is 0.158. The molecule has 0 bridgehead atoms. The zero-order chi connectivity index (χ0) is 19.1. The molecule has 2 rings (SSSR count). The summed E-state index contributed by atoms with van der Waals surface area (Å²) in [6.45, 7) is 2.49. The van der Waals surface area contributed by atoms with Gasteiger partial charge in [-0.2, -0.15) is 0 Å². The summed E-state index contributed by atoms with van der Waals surface area (Å²) >= 11 is 6.04. The van der Waals surface area contributed by atoms with Crippen LogP contribution < -0.4 is 14.8 Å². The van der Waals surface area contributed by atoms with Crippen molar-refractivity contribution >= 4 is 35.2 Å². The zero-order valence-corrected chi connectivity index (χ0v) is 15.0. The minimum atomic E-state index is -1.17. The molecule has 0 aliphatic rings. The predicted octanol–water partition coefficient (Wildman–Crippen LogP) is 4.10. The van der Waals surface area contributed by atoms with Crippen molar-refractivity contribution in [1.29, 1.82) is 0 Å². The van der Waals surface area contributed by atoms with Gasteiger partial charge in [0, 0.05) is 12.1 Å². The van der Waals surface area contributed by atoms with Gasteiger partial charge in [-0.1, -0.05) is 23.7 Å². The summed E-state index contributed by atoms with van der Waals surface area (Å²) in [5, 5.41) is 11.8. The Morgan fingerprint density at radius 2 is 1.92 bits per heavy atom. The molecule has 0 aliphatic carbocycles. The first-order valence-corrected chi connectivity index (χ1v) is 8.15. The first-order valence-electron chi connectivity index (χ1n) is 7.77. The number of benzene rings is 2. The number of ether oxygens (including phenoxy) is 2. The number of methoxy groups -OCH3 is 1. The minimum Gasteiger partial charge on any atom is -0.496 e. The van der Waals surface area contributed by atoms with Crippen molar-refractivity contribution in [3.63, 3.8) is 0 Å². The van der Waals surface area contributed by atoms with Gasteiger partial charge in [0.1, 0.15) is 17.1 Å². The Morgan fingerprint density at radius 3 is 2.50 bits per heavy atom. The molecule has 7 heteroatoms. The van der Waals surface area contributed by atoms with Gasteiger partial charge in [0.2, 0.25) is 5.91 Å². The highest BCUT2D eigenvalue weighted by molar-refractivity contribution is 6.34. The second kappa shape index (κ2) is 8.92. The van der Waals surface area contributed by atoms with Crippen LogP contribution in [-0.4, -0.2) is 30.7 Å². The van der Waals surface area contributed by atoms with Gasteiger partial charge in [-0.05, 0) is 36.8 Å². The smallest absolute Gasteiger partial charge is 0.339 e. The third-order valence-corrected chi connectivity index (χ3v) is 3.71. The Bertz CT molecular complexity index is 831. The largest absolute Gasteiger partial charge is 0.496 e. The molecule has 136 valence electrons. The average Bonchev–Trinajstić information content (AvgIpc) is 2.62. The Kier molecular flexibility index (Phi) is 6.63. The van der Waals surface area contributed by atoms with E-state index in [1.807, 2.05) is 31.2 Å². The maximum absolute atomic E-state index is 12.1. The minimum absolute atomic E-state index is 0.0829. The topological polar surface area (TPSA) is 84.9 Å². The second-order valence-electron chi connectivity index (χ2n) is 5.16. The van der Waals surface area contributed by atoms with Crippen molar-refractivity contribution in [1.82, 2.24) is 0 Å². The van der Waals surface area contributed by atoms with Crippen LogP contribution in [0.4, 0.5) is 5.69 Å². The summed E-state index contributed by atoms with van der Waals surface area (Å²) in [5.74, 6) is -0.720.